The summed E-state index contributed by atoms with van der Waals surface area (Å²) >= 11 is 0. The number of nitrogens with zero attached hydrogens (tertiary/aromatic N) is 2. The number of likely N-dealkylation sites (N-methyl/N-ethyl adjacent to an activating group) is 2. The molecule has 1 heterocycles. The van der Waals surface area contributed by atoms with Crippen molar-refractivity contribution in [2.75, 3.05) is 27.2 Å². The molecule has 66 valence electrons. The Morgan fingerprint density at radius 1 is 1.27 bits per heavy atom. The second-order valence-corrected chi connectivity index (χ2v) is 4.86. The van der Waals surface area contributed by atoms with Crippen LogP contribution in [0.4, 0.5) is 0 Å². The van der Waals surface area contributed by atoms with Crippen molar-refractivity contribution in [3.05, 3.63) is 0 Å². The number of aliphatic hydroxyl groups is 1. The summed E-state index contributed by atoms with van der Waals surface area (Å²) in [5.74, 6) is 0. The van der Waals surface area contributed by atoms with Crippen molar-refractivity contribution in [3.8, 4) is 0 Å². The standard InChI is InChI=1S/C5H12N2O3S/c1-6-3-5(8)4-7(2)11(6,9)10/h5,8H,3-4H2,1-2H3. The van der Waals surface area contributed by atoms with Gasteiger partial charge in [-0.1, -0.05) is 0 Å². The molecule has 1 saturated heterocycles. The Kier molecular flexibility index (Phi) is 2.19. The van der Waals surface area contributed by atoms with Gasteiger partial charge >= 0.3 is 0 Å². The van der Waals surface area contributed by atoms with Gasteiger partial charge in [0.2, 0.25) is 0 Å². The molecule has 0 aliphatic carbocycles. The molecule has 5 nitrogen and oxygen atoms in total. The van der Waals surface area contributed by atoms with E-state index in [2.05, 4.69) is 0 Å². The lowest BCUT2D eigenvalue weighted by atomic mass is 10.3. The van der Waals surface area contributed by atoms with Gasteiger partial charge in [-0.3, -0.25) is 0 Å². The molecular weight excluding hydrogens is 168 g/mol. The van der Waals surface area contributed by atoms with E-state index in [-0.39, 0.29) is 13.1 Å². The van der Waals surface area contributed by atoms with Crippen LogP contribution in [0.25, 0.3) is 0 Å². The monoisotopic (exact) mass is 180 g/mol. The molecule has 0 saturated carbocycles. The first-order chi connectivity index (χ1) is 4.94. The Bertz CT molecular complexity index is 220. The molecule has 1 fully saturated rings. The quantitative estimate of drug-likeness (QED) is 0.492. The highest BCUT2D eigenvalue weighted by Crippen LogP contribution is 2.11. The van der Waals surface area contributed by atoms with Crippen molar-refractivity contribution in [3.63, 3.8) is 0 Å². The molecule has 0 aromatic heterocycles. The minimum atomic E-state index is -3.27. The molecule has 0 atom stereocenters. The van der Waals surface area contributed by atoms with Crippen LogP contribution >= 0.6 is 0 Å². The Morgan fingerprint density at radius 2 is 1.64 bits per heavy atom. The lowest BCUT2D eigenvalue weighted by molar-refractivity contribution is 0.112. The zero-order chi connectivity index (χ0) is 8.65. The van der Waals surface area contributed by atoms with Crippen LogP contribution in [-0.2, 0) is 10.2 Å². The van der Waals surface area contributed by atoms with E-state index in [4.69, 9.17) is 5.11 Å². The van der Waals surface area contributed by atoms with E-state index < -0.39 is 16.3 Å². The van der Waals surface area contributed by atoms with Gasteiger partial charge in [-0.25, -0.2) is 0 Å². The SMILES string of the molecule is CN1CC(O)CN(C)S1(=O)=O. The molecule has 11 heavy (non-hydrogen) atoms. The number of hydrogen-bond donors (Lipinski definition) is 1. The summed E-state index contributed by atoms with van der Waals surface area (Å²) in [5, 5.41) is 9.13. The van der Waals surface area contributed by atoms with Gasteiger partial charge in [0.25, 0.3) is 10.2 Å². The van der Waals surface area contributed by atoms with Gasteiger partial charge in [0.1, 0.15) is 0 Å². The predicted molar refractivity (Wildman–Crippen MR) is 40.2 cm³/mol. The highest BCUT2D eigenvalue weighted by Gasteiger charge is 2.32. The summed E-state index contributed by atoms with van der Waals surface area (Å²) in [7, 11) is -0.361. The highest BCUT2D eigenvalue weighted by molar-refractivity contribution is 7.86. The number of rotatable bonds is 0. The van der Waals surface area contributed by atoms with E-state index in [1.807, 2.05) is 0 Å². The van der Waals surface area contributed by atoms with Gasteiger partial charge in [-0.05, 0) is 0 Å². The van der Waals surface area contributed by atoms with E-state index >= 15 is 0 Å². The topological polar surface area (TPSA) is 60.9 Å². The molecule has 0 spiro atoms. The summed E-state index contributed by atoms with van der Waals surface area (Å²) in [5.41, 5.74) is 0. The van der Waals surface area contributed by atoms with E-state index in [0.717, 1.165) is 8.61 Å². The molecule has 0 aromatic carbocycles. The smallest absolute Gasteiger partial charge is 0.281 e. The highest BCUT2D eigenvalue weighted by atomic mass is 32.2. The normalized spacial score (nSPS) is 29.0. The van der Waals surface area contributed by atoms with Gasteiger partial charge < -0.3 is 5.11 Å². The first-order valence-electron chi connectivity index (χ1n) is 3.30. The van der Waals surface area contributed by atoms with Gasteiger partial charge in [0, 0.05) is 27.2 Å². The van der Waals surface area contributed by atoms with Crippen molar-refractivity contribution in [1.82, 2.24) is 8.61 Å². The van der Waals surface area contributed by atoms with Crippen molar-refractivity contribution >= 4 is 10.2 Å². The Labute approximate surface area is 66.4 Å². The average Bonchev–Trinajstić information content (AvgIpc) is 1.84. The molecule has 0 unspecified atom stereocenters. The number of hydrogen-bond acceptors (Lipinski definition) is 3. The summed E-state index contributed by atoms with van der Waals surface area (Å²) in [4.78, 5) is 0. The van der Waals surface area contributed by atoms with Crippen molar-refractivity contribution in [1.29, 1.82) is 0 Å². The third kappa shape index (κ3) is 1.53. The molecule has 6 heteroatoms. The minimum Gasteiger partial charge on any atom is -0.390 e. The third-order valence-electron chi connectivity index (χ3n) is 1.72. The zero-order valence-corrected chi connectivity index (χ0v) is 7.37. The van der Waals surface area contributed by atoms with Gasteiger partial charge in [-0.15, -0.1) is 0 Å². The van der Waals surface area contributed by atoms with Crippen LogP contribution < -0.4 is 0 Å². The maximum atomic E-state index is 11.2. The largest absolute Gasteiger partial charge is 0.390 e. The summed E-state index contributed by atoms with van der Waals surface area (Å²) < 4.78 is 24.7. The van der Waals surface area contributed by atoms with Crippen molar-refractivity contribution in [2.24, 2.45) is 0 Å². The Balaban J connectivity index is 2.85. The fourth-order valence-corrected chi connectivity index (χ4v) is 2.27. The zero-order valence-electron chi connectivity index (χ0n) is 6.56. The summed E-state index contributed by atoms with van der Waals surface area (Å²) in [6.45, 7) is 0.374. The van der Waals surface area contributed by atoms with Crippen molar-refractivity contribution < 1.29 is 13.5 Å². The van der Waals surface area contributed by atoms with E-state index in [1.54, 1.807) is 0 Å². The lowest BCUT2D eigenvalue weighted by Gasteiger charge is -2.32. The first kappa shape index (κ1) is 8.92. The predicted octanol–water partition coefficient (Wildman–Crippen LogP) is -1.53. The van der Waals surface area contributed by atoms with E-state index in [1.165, 1.54) is 14.1 Å². The molecular formula is C5H12N2O3S. The van der Waals surface area contributed by atoms with Crippen LogP contribution in [0.3, 0.4) is 0 Å². The van der Waals surface area contributed by atoms with Crippen LogP contribution in [0.1, 0.15) is 0 Å². The van der Waals surface area contributed by atoms with E-state index in [0.29, 0.717) is 0 Å². The maximum absolute atomic E-state index is 11.2. The number of β-amino-alcohol motifs (C(OH)–C–C–N with tert-alkyl or cyclic N) is 1. The second-order valence-electron chi connectivity index (χ2n) is 2.72. The average molecular weight is 180 g/mol. The van der Waals surface area contributed by atoms with Gasteiger partial charge in [0.15, 0.2) is 0 Å². The molecule has 1 rings (SSSR count). The molecule has 0 bridgehead atoms. The lowest BCUT2D eigenvalue weighted by Crippen LogP contribution is -2.52. The van der Waals surface area contributed by atoms with Crippen LogP contribution in [0, 0.1) is 0 Å². The van der Waals surface area contributed by atoms with E-state index in [9.17, 15) is 8.42 Å². The van der Waals surface area contributed by atoms with Crippen LogP contribution in [0.5, 0.6) is 0 Å². The van der Waals surface area contributed by atoms with Gasteiger partial charge in [-0.2, -0.15) is 17.0 Å². The molecule has 0 aromatic rings. The number of aliphatic hydroxyl groups excluding tert-OH is 1. The van der Waals surface area contributed by atoms with Crippen LogP contribution in [0.15, 0.2) is 0 Å². The Hall–Kier alpha value is -0.170. The maximum Gasteiger partial charge on any atom is 0.281 e. The molecule has 1 aliphatic rings. The van der Waals surface area contributed by atoms with Crippen LogP contribution in [-0.4, -0.2) is 55.4 Å². The molecule has 1 aliphatic heterocycles. The summed E-state index contributed by atoms with van der Waals surface area (Å²) in [6, 6.07) is 0. The molecule has 0 amide bonds. The minimum absolute atomic E-state index is 0.187. The first-order valence-corrected chi connectivity index (χ1v) is 4.70. The fourth-order valence-electron chi connectivity index (χ4n) is 1.08. The molecule has 1 N–H and O–H groups in total. The second kappa shape index (κ2) is 2.71. The van der Waals surface area contributed by atoms with Crippen LogP contribution in [0.2, 0.25) is 0 Å². The fraction of sp³-hybridized carbons (Fsp3) is 1.00. The molecule has 0 radical (unpaired) electrons. The Morgan fingerprint density at radius 3 is 2.00 bits per heavy atom. The van der Waals surface area contributed by atoms with Gasteiger partial charge in [0.05, 0.1) is 6.10 Å². The summed E-state index contributed by atoms with van der Waals surface area (Å²) in [6.07, 6.45) is -0.575. The third-order valence-corrected chi connectivity index (χ3v) is 3.60. The van der Waals surface area contributed by atoms with Crippen molar-refractivity contribution in [2.45, 2.75) is 6.10 Å².